The maximum absolute atomic E-state index is 13.6. The van der Waals surface area contributed by atoms with Crippen LogP contribution in [0.4, 0.5) is 19.3 Å². The van der Waals surface area contributed by atoms with Gasteiger partial charge in [0, 0.05) is 30.5 Å². The molecule has 0 radical (unpaired) electrons. The summed E-state index contributed by atoms with van der Waals surface area (Å²) in [6, 6.07) is 1.63. The molecule has 2 aromatic rings. The Hall–Kier alpha value is -2.09. The highest BCUT2D eigenvalue weighted by atomic mass is 32.2. The third-order valence-electron chi connectivity index (χ3n) is 3.24. The molecule has 0 spiro atoms. The van der Waals surface area contributed by atoms with E-state index in [1.807, 2.05) is 6.92 Å². The molecule has 0 unspecified atom stereocenters. The molecule has 0 aliphatic heterocycles. The van der Waals surface area contributed by atoms with E-state index in [2.05, 4.69) is 15.7 Å². The average molecular weight is 326 g/mol. The Bertz CT molecular complexity index is 679. The summed E-state index contributed by atoms with van der Waals surface area (Å²) in [5, 5.41) is 9.08. The van der Waals surface area contributed by atoms with Crippen LogP contribution >= 0.6 is 11.8 Å². The number of rotatable bonds is 4. The van der Waals surface area contributed by atoms with Crippen LogP contribution in [0.5, 0.6) is 0 Å². The van der Waals surface area contributed by atoms with E-state index in [1.54, 1.807) is 24.2 Å². The highest BCUT2D eigenvalue weighted by molar-refractivity contribution is 7.98. The zero-order valence-electron chi connectivity index (χ0n) is 12.4. The second-order valence-electron chi connectivity index (χ2n) is 4.66. The quantitative estimate of drug-likeness (QED) is 0.849. The molecule has 118 valence electrons. The number of carbonyl (C=O) groups excluding carboxylic acids is 1. The molecule has 2 amide bonds. The normalized spacial score (nSPS) is 10.6. The number of hydrogen-bond acceptors (Lipinski definition) is 3. The standard InChI is InChI=1S/C14H16F2N4OS/c1-8-9(7-18-20(8)2)6-17-14(21)19-10-4-11(15)13(22-3)12(16)5-10/h4-5,7H,6H2,1-3H3,(H2,17,19,21). The molecular formula is C14H16F2N4OS. The molecule has 1 aromatic heterocycles. The minimum Gasteiger partial charge on any atom is -0.334 e. The first-order valence-electron chi connectivity index (χ1n) is 6.47. The highest BCUT2D eigenvalue weighted by Gasteiger charge is 2.12. The molecular weight excluding hydrogens is 310 g/mol. The predicted molar refractivity (Wildman–Crippen MR) is 81.9 cm³/mol. The van der Waals surface area contributed by atoms with Gasteiger partial charge in [0.05, 0.1) is 11.1 Å². The molecule has 0 aliphatic carbocycles. The van der Waals surface area contributed by atoms with Gasteiger partial charge in [-0.05, 0) is 25.3 Å². The van der Waals surface area contributed by atoms with E-state index in [-0.39, 0.29) is 17.1 Å². The predicted octanol–water partition coefficient (Wildman–Crippen LogP) is 3.05. The Balaban J connectivity index is 1.99. The molecule has 0 atom stereocenters. The molecule has 1 heterocycles. The highest BCUT2D eigenvalue weighted by Crippen LogP contribution is 2.26. The summed E-state index contributed by atoms with van der Waals surface area (Å²) >= 11 is 0.973. The Morgan fingerprint density at radius 1 is 1.36 bits per heavy atom. The van der Waals surface area contributed by atoms with Gasteiger partial charge in [-0.3, -0.25) is 4.68 Å². The van der Waals surface area contributed by atoms with E-state index >= 15 is 0 Å². The van der Waals surface area contributed by atoms with E-state index < -0.39 is 17.7 Å². The van der Waals surface area contributed by atoms with Crippen LogP contribution in [0.3, 0.4) is 0 Å². The first-order chi connectivity index (χ1) is 10.4. The van der Waals surface area contributed by atoms with E-state index in [0.717, 1.165) is 35.2 Å². The number of amides is 2. The van der Waals surface area contributed by atoms with Crippen LogP contribution in [0, 0.1) is 18.6 Å². The zero-order chi connectivity index (χ0) is 16.3. The third kappa shape index (κ3) is 3.56. The Morgan fingerprint density at radius 2 is 2.00 bits per heavy atom. The number of anilines is 1. The summed E-state index contributed by atoms with van der Waals surface area (Å²) < 4.78 is 28.9. The van der Waals surface area contributed by atoms with Gasteiger partial charge in [0.2, 0.25) is 0 Å². The molecule has 1 aromatic carbocycles. The van der Waals surface area contributed by atoms with Crippen LogP contribution < -0.4 is 10.6 Å². The summed E-state index contributed by atoms with van der Waals surface area (Å²) in [6.07, 6.45) is 3.24. The monoisotopic (exact) mass is 326 g/mol. The Labute approximate surface area is 131 Å². The number of thioether (sulfide) groups is 1. The van der Waals surface area contributed by atoms with Crippen LogP contribution in [-0.4, -0.2) is 22.1 Å². The van der Waals surface area contributed by atoms with Crippen molar-refractivity contribution in [3.63, 3.8) is 0 Å². The SMILES string of the molecule is CSc1c(F)cc(NC(=O)NCc2cnn(C)c2C)cc1F. The van der Waals surface area contributed by atoms with Crippen molar-refractivity contribution >= 4 is 23.5 Å². The van der Waals surface area contributed by atoms with E-state index in [0.29, 0.717) is 0 Å². The summed E-state index contributed by atoms with van der Waals surface area (Å²) in [6.45, 7) is 2.16. The largest absolute Gasteiger partial charge is 0.334 e. The van der Waals surface area contributed by atoms with Crippen molar-refractivity contribution in [1.29, 1.82) is 0 Å². The van der Waals surface area contributed by atoms with Crippen molar-refractivity contribution in [3.8, 4) is 0 Å². The summed E-state index contributed by atoms with van der Waals surface area (Å²) in [5.41, 5.74) is 1.86. The van der Waals surface area contributed by atoms with Gasteiger partial charge in [-0.25, -0.2) is 13.6 Å². The number of benzene rings is 1. The molecule has 5 nitrogen and oxygen atoms in total. The van der Waals surface area contributed by atoms with Crippen LogP contribution in [-0.2, 0) is 13.6 Å². The fraction of sp³-hybridized carbons (Fsp3) is 0.286. The van der Waals surface area contributed by atoms with Crippen LogP contribution in [0.1, 0.15) is 11.3 Å². The van der Waals surface area contributed by atoms with Crippen molar-refractivity contribution in [2.24, 2.45) is 7.05 Å². The maximum Gasteiger partial charge on any atom is 0.319 e. The van der Waals surface area contributed by atoms with Crippen molar-refractivity contribution < 1.29 is 13.6 Å². The van der Waals surface area contributed by atoms with Crippen LogP contribution in [0.2, 0.25) is 0 Å². The topological polar surface area (TPSA) is 59.0 Å². The number of carbonyl (C=O) groups is 1. The molecule has 8 heteroatoms. The Kier molecular flexibility index (Phi) is 5.02. The fourth-order valence-electron chi connectivity index (χ4n) is 1.90. The minimum atomic E-state index is -0.703. The van der Waals surface area contributed by atoms with Gasteiger partial charge in [-0.2, -0.15) is 5.10 Å². The second-order valence-corrected chi connectivity index (χ2v) is 5.48. The first kappa shape index (κ1) is 16.3. The minimum absolute atomic E-state index is 0.0632. The van der Waals surface area contributed by atoms with Crippen molar-refractivity contribution in [3.05, 3.63) is 41.2 Å². The lowest BCUT2D eigenvalue weighted by Crippen LogP contribution is -2.28. The van der Waals surface area contributed by atoms with Gasteiger partial charge in [0.1, 0.15) is 11.6 Å². The lowest BCUT2D eigenvalue weighted by Gasteiger charge is -2.09. The molecule has 0 saturated carbocycles. The van der Waals surface area contributed by atoms with Gasteiger partial charge in [0.25, 0.3) is 0 Å². The second kappa shape index (κ2) is 6.78. The van der Waals surface area contributed by atoms with Gasteiger partial charge in [0.15, 0.2) is 0 Å². The summed E-state index contributed by atoms with van der Waals surface area (Å²) in [7, 11) is 1.80. The van der Waals surface area contributed by atoms with Crippen LogP contribution in [0.15, 0.2) is 23.2 Å². The molecule has 0 saturated heterocycles. The zero-order valence-corrected chi connectivity index (χ0v) is 13.2. The Morgan fingerprint density at radius 3 is 2.50 bits per heavy atom. The molecule has 0 aliphatic rings. The maximum atomic E-state index is 13.6. The van der Waals surface area contributed by atoms with Gasteiger partial charge < -0.3 is 10.6 Å². The number of hydrogen-bond donors (Lipinski definition) is 2. The van der Waals surface area contributed by atoms with Gasteiger partial charge >= 0.3 is 6.03 Å². The van der Waals surface area contributed by atoms with E-state index in [1.165, 1.54) is 0 Å². The van der Waals surface area contributed by atoms with E-state index in [4.69, 9.17) is 0 Å². The fourth-order valence-corrected chi connectivity index (χ4v) is 2.40. The summed E-state index contributed by atoms with van der Waals surface area (Å²) in [5.74, 6) is -1.41. The number of aryl methyl sites for hydroxylation is 1. The molecule has 0 bridgehead atoms. The van der Waals surface area contributed by atoms with Crippen molar-refractivity contribution in [2.75, 3.05) is 11.6 Å². The number of halogens is 2. The lowest BCUT2D eigenvalue weighted by molar-refractivity contribution is 0.251. The number of urea groups is 1. The molecule has 2 N–H and O–H groups in total. The third-order valence-corrected chi connectivity index (χ3v) is 4.03. The van der Waals surface area contributed by atoms with Gasteiger partial charge in [-0.1, -0.05) is 0 Å². The van der Waals surface area contributed by atoms with E-state index in [9.17, 15) is 13.6 Å². The number of nitrogens with zero attached hydrogens (tertiary/aromatic N) is 2. The average Bonchev–Trinajstić information content (AvgIpc) is 2.76. The van der Waals surface area contributed by atoms with Crippen molar-refractivity contribution in [1.82, 2.24) is 15.1 Å². The smallest absolute Gasteiger partial charge is 0.319 e. The van der Waals surface area contributed by atoms with Gasteiger partial charge in [-0.15, -0.1) is 11.8 Å². The lowest BCUT2D eigenvalue weighted by atomic mass is 10.2. The molecule has 2 rings (SSSR count). The van der Waals surface area contributed by atoms with Crippen molar-refractivity contribution in [2.45, 2.75) is 18.4 Å². The number of nitrogens with one attached hydrogen (secondary N) is 2. The molecule has 22 heavy (non-hydrogen) atoms. The number of aromatic nitrogens is 2. The summed E-state index contributed by atoms with van der Waals surface area (Å²) in [4.78, 5) is 11.7. The molecule has 0 fully saturated rings. The first-order valence-corrected chi connectivity index (χ1v) is 7.70. The van der Waals surface area contributed by atoms with Crippen LogP contribution in [0.25, 0.3) is 0 Å².